The zero-order valence-electron chi connectivity index (χ0n) is 25.2. The highest BCUT2D eigenvalue weighted by Crippen LogP contribution is 2.45. The van der Waals surface area contributed by atoms with Crippen LogP contribution in [0.1, 0.15) is 33.6 Å². The van der Waals surface area contributed by atoms with Crippen LogP contribution >= 0.6 is 11.3 Å². The number of hydroxylamine groups is 2. The molecule has 2 aliphatic rings. The van der Waals surface area contributed by atoms with Crippen molar-refractivity contribution in [1.29, 1.82) is 0 Å². The van der Waals surface area contributed by atoms with E-state index in [0.29, 0.717) is 21.8 Å². The fraction of sp³-hybridized carbons (Fsp3) is 0.419. The zero-order chi connectivity index (χ0) is 32.5. The molecule has 45 heavy (non-hydrogen) atoms. The van der Waals surface area contributed by atoms with Gasteiger partial charge in [0.05, 0.1) is 22.5 Å². The summed E-state index contributed by atoms with van der Waals surface area (Å²) in [5, 5.41) is 28.0. The van der Waals surface area contributed by atoms with Gasteiger partial charge in [0.15, 0.2) is 0 Å². The SMILES string of the molecule is C=C[C@@H]1CC1(NC(=O)[C@@H]1C[C@@H](Oc2nc3ccccc3nc2-c2cccs2)CN1C(=O)C(C(C)C)N(O)C(=O)NCC)C(=O)O. The molecular formula is C31H36N6O7S. The van der Waals surface area contributed by atoms with Gasteiger partial charge in [-0.2, -0.15) is 5.06 Å². The number of carboxylic acid groups (broad SMARTS) is 1. The Bertz CT molecular complexity index is 1610. The number of hydrogen-bond acceptors (Lipinski definition) is 9. The lowest BCUT2D eigenvalue weighted by Crippen LogP contribution is -2.58. The molecule has 238 valence electrons. The first kappa shape index (κ1) is 31.9. The van der Waals surface area contributed by atoms with E-state index in [4.69, 9.17) is 14.7 Å². The summed E-state index contributed by atoms with van der Waals surface area (Å²) in [5.74, 6) is -3.36. The summed E-state index contributed by atoms with van der Waals surface area (Å²) in [6, 6.07) is 7.75. The number of benzene rings is 1. The number of nitrogens with one attached hydrogen (secondary N) is 2. The number of aromatic nitrogens is 2. The topological polar surface area (TPSA) is 174 Å². The Labute approximate surface area is 263 Å². The number of fused-ring (bicyclic) bond motifs is 1. The molecule has 2 unspecified atom stereocenters. The molecule has 4 amide bonds. The average molecular weight is 637 g/mol. The van der Waals surface area contributed by atoms with Crippen molar-refractivity contribution in [3.63, 3.8) is 0 Å². The monoisotopic (exact) mass is 636 g/mol. The van der Waals surface area contributed by atoms with Crippen molar-refractivity contribution in [1.82, 2.24) is 30.6 Å². The van der Waals surface area contributed by atoms with E-state index >= 15 is 0 Å². The second-order valence-electron chi connectivity index (χ2n) is 11.5. The average Bonchev–Trinajstić information content (AvgIpc) is 3.31. The molecular weight excluding hydrogens is 600 g/mol. The van der Waals surface area contributed by atoms with E-state index < -0.39 is 59.4 Å². The minimum Gasteiger partial charge on any atom is -0.479 e. The molecule has 1 saturated carbocycles. The lowest BCUT2D eigenvalue weighted by Gasteiger charge is -2.33. The molecule has 5 atom stereocenters. The van der Waals surface area contributed by atoms with Gasteiger partial charge in [0.1, 0.15) is 29.4 Å². The number of rotatable bonds is 11. The number of carboxylic acids is 1. The minimum absolute atomic E-state index is 0.00180. The van der Waals surface area contributed by atoms with E-state index in [1.807, 2.05) is 35.7 Å². The Morgan fingerprint density at radius 3 is 2.49 bits per heavy atom. The van der Waals surface area contributed by atoms with Gasteiger partial charge in [0, 0.05) is 18.9 Å². The summed E-state index contributed by atoms with van der Waals surface area (Å²) in [6.45, 7) is 8.81. The zero-order valence-corrected chi connectivity index (χ0v) is 26.0. The molecule has 2 aromatic heterocycles. The van der Waals surface area contributed by atoms with Crippen molar-refractivity contribution in [2.75, 3.05) is 13.1 Å². The maximum Gasteiger partial charge on any atom is 0.341 e. The van der Waals surface area contributed by atoms with E-state index in [9.17, 15) is 29.5 Å². The number of para-hydroxylation sites is 2. The van der Waals surface area contributed by atoms with E-state index in [2.05, 4.69) is 17.2 Å². The molecule has 2 fully saturated rings. The number of amides is 4. The summed E-state index contributed by atoms with van der Waals surface area (Å²) in [5.41, 5.74) is 0.244. The molecule has 0 bridgehead atoms. The van der Waals surface area contributed by atoms with Crippen LogP contribution in [0.4, 0.5) is 4.79 Å². The van der Waals surface area contributed by atoms with Gasteiger partial charge in [0.2, 0.25) is 17.7 Å². The quantitative estimate of drug-likeness (QED) is 0.140. The van der Waals surface area contributed by atoms with Gasteiger partial charge in [-0.25, -0.2) is 19.6 Å². The second-order valence-corrected chi connectivity index (χ2v) is 12.5. The fourth-order valence-corrected chi connectivity index (χ4v) is 6.40. The number of carbonyl (C=O) groups is 4. The number of hydrogen-bond donors (Lipinski definition) is 4. The summed E-state index contributed by atoms with van der Waals surface area (Å²) in [7, 11) is 0. The van der Waals surface area contributed by atoms with E-state index in [0.717, 1.165) is 4.88 Å². The van der Waals surface area contributed by atoms with Crippen LogP contribution < -0.4 is 15.4 Å². The number of nitrogens with zero attached hydrogens (tertiary/aromatic N) is 4. The largest absolute Gasteiger partial charge is 0.479 e. The molecule has 3 heterocycles. The lowest BCUT2D eigenvalue weighted by molar-refractivity contribution is -0.158. The van der Waals surface area contributed by atoms with Gasteiger partial charge in [-0.1, -0.05) is 38.1 Å². The first-order chi connectivity index (χ1) is 21.5. The van der Waals surface area contributed by atoms with Gasteiger partial charge in [-0.05, 0) is 42.8 Å². The van der Waals surface area contributed by atoms with Crippen molar-refractivity contribution in [3.8, 4) is 16.5 Å². The van der Waals surface area contributed by atoms with Gasteiger partial charge in [-0.3, -0.25) is 14.8 Å². The highest BCUT2D eigenvalue weighted by atomic mass is 32.1. The lowest BCUT2D eigenvalue weighted by atomic mass is 10.0. The third-order valence-electron chi connectivity index (χ3n) is 8.13. The van der Waals surface area contributed by atoms with Crippen molar-refractivity contribution in [2.24, 2.45) is 11.8 Å². The molecule has 0 radical (unpaired) electrons. The third kappa shape index (κ3) is 6.20. The molecule has 4 N–H and O–H groups in total. The Kier molecular flexibility index (Phi) is 9.07. The smallest absolute Gasteiger partial charge is 0.341 e. The number of carbonyl (C=O) groups excluding carboxylic acids is 3. The summed E-state index contributed by atoms with van der Waals surface area (Å²) < 4.78 is 6.39. The summed E-state index contributed by atoms with van der Waals surface area (Å²) >= 11 is 1.46. The molecule has 14 heteroatoms. The van der Waals surface area contributed by atoms with Gasteiger partial charge < -0.3 is 25.4 Å². The molecule has 5 rings (SSSR count). The van der Waals surface area contributed by atoms with Crippen LogP contribution in [-0.2, 0) is 14.4 Å². The van der Waals surface area contributed by atoms with Gasteiger partial charge in [-0.15, -0.1) is 17.9 Å². The Hall–Kier alpha value is -4.56. The molecule has 13 nitrogen and oxygen atoms in total. The third-order valence-corrected chi connectivity index (χ3v) is 9.01. The molecule has 1 aliphatic heterocycles. The van der Waals surface area contributed by atoms with Crippen LogP contribution in [0, 0.1) is 11.8 Å². The summed E-state index contributed by atoms with van der Waals surface area (Å²) in [6.07, 6.45) is 0.902. The predicted molar refractivity (Wildman–Crippen MR) is 166 cm³/mol. The maximum atomic E-state index is 14.1. The van der Waals surface area contributed by atoms with E-state index in [1.54, 1.807) is 26.8 Å². The van der Waals surface area contributed by atoms with E-state index in [1.165, 1.54) is 22.3 Å². The van der Waals surface area contributed by atoms with Crippen molar-refractivity contribution < 1.29 is 34.2 Å². The Balaban J connectivity index is 1.48. The number of urea groups is 1. The minimum atomic E-state index is -1.52. The summed E-state index contributed by atoms with van der Waals surface area (Å²) in [4.78, 5) is 64.0. The first-order valence-electron chi connectivity index (χ1n) is 14.7. The highest BCUT2D eigenvalue weighted by Gasteiger charge is 2.61. The molecule has 3 aromatic rings. The second kappa shape index (κ2) is 12.8. The van der Waals surface area contributed by atoms with Crippen molar-refractivity contribution >= 4 is 46.2 Å². The number of likely N-dealkylation sites (tertiary alicyclic amines) is 1. The number of aliphatic carboxylic acids is 1. The van der Waals surface area contributed by atoms with Crippen LogP contribution in [-0.4, -0.2) is 90.9 Å². The van der Waals surface area contributed by atoms with Crippen LogP contribution in [0.2, 0.25) is 0 Å². The number of thiophene rings is 1. The van der Waals surface area contributed by atoms with Crippen LogP contribution in [0.3, 0.4) is 0 Å². The van der Waals surface area contributed by atoms with Crippen molar-refractivity contribution in [3.05, 3.63) is 54.4 Å². The van der Waals surface area contributed by atoms with Crippen LogP contribution in [0.15, 0.2) is 54.4 Å². The van der Waals surface area contributed by atoms with Gasteiger partial charge in [0.25, 0.3) is 0 Å². The molecule has 1 aliphatic carbocycles. The Morgan fingerprint density at radius 1 is 1.20 bits per heavy atom. The Morgan fingerprint density at radius 2 is 1.91 bits per heavy atom. The van der Waals surface area contributed by atoms with Crippen LogP contribution in [0.5, 0.6) is 5.88 Å². The van der Waals surface area contributed by atoms with Crippen LogP contribution in [0.25, 0.3) is 21.6 Å². The molecule has 1 saturated heterocycles. The maximum absolute atomic E-state index is 14.1. The van der Waals surface area contributed by atoms with E-state index in [-0.39, 0.29) is 31.8 Å². The fourth-order valence-electron chi connectivity index (χ4n) is 5.69. The predicted octanol–water partition coefficient (Wildman–Crippen LogP) is 3.30. The first-order valence-corrected chi connectivity index (χ1v) is 15.6. The molecule has 0 spiro atoms. The number of ether oxygens (including phenoxy) is 1. The highest BCUT2D eigenvalue weighted by molar-refractivity contribution is 7.13. The van der Waals surface area contributed by atoms with Gasteiger partial charge >= 0.3 is 12.0 Å². The normalized spacial score (nSPS) is 23.0. The van der Waals surface area contributed by atoms with Crippen molar-refractivity contribution in [2.45, 2.75) is 57.3 Å². The standard InChI is InChI=1S/C31H36N6O7S/c1-5-18-15-31(18,29(40)41)35-26(38)22-14-19(16-36(22)28(39)25(17(3)4)37(43)30(42)32-6-2)44-27-24(23-12-9-13-45-23)33-20-10-7-8-11-21(20)34-27/h5,7-13,17-19,22,25,43H,1,6,14-16H2,2-4H3,(H,32,42)(H,35,38)(H,40,41)/t18-,19-,22+,25?,31?/m1/s1. The molecule has 1 aromatic carbocycles.